The standard InChI is InChI=1S/C13H15ClN2S/c1-8-5-4-6-11(14)13(8)15-7-12-16-9(2)10(3)17-12/h4-6,15H,7H2,1-3H3. The molecule has 1 heterocycles. The third kappa shape index (κ3) is 2.79. The molecule has 2 rings (SSSR count). The van der Waals surface area contributed by atoms with Gasteiger partial charge in [0.1, 0.15) is 5.01 Å². The van der Waals surface area contributed by atoms with Gasteiger partial charge in [0.25, 0.3) is 0 Å². The van der Waals surface area contributed by atoms with Gasteiger partial charge in [-0.2, -0.15) is 0 Å². The highest BCUT2D eigenvalue weighted by molar-refractivity contribution is 7.11. The van der Waals surface area contributed by atoms with Gasteiger partial charge in [-0.05, 0) is 32.4 Å². The third-order valence-electron chi connectivity index (χ3n) is 2.71. The Morgan fingerprint density at radius 1 is 1.29 bits per heavy atom. The Bertz CT molecular complexity index is 494. The summed E-state index contributed by atoms with van der Waals surface area (Å²) in [5, 5.41) is 5.21. The third-order valence-corrected chi connectivity index (χ3v) is 4.10. The fourth-order valence-corrected chi connectivity index (χ4v) is 2.80. The van der Waals surface area contributed by atoms with Gasteiger partial charge in [-0.25, -0.2) is 4.98 Å². The molecule has 0 amide bonds. The highest BCUT2D eigenvalue weighted by atomic mass is 35.5. The van der Waals surface area contributed by atoms with Crippen molar-refractivity contribution in [3.63, 3.8) is 0 Å². The minimum atomic E-state index is 0.726. The quantitative estimate of drug-likeness (QED) is 0.894. The zero-order valence-corrected chi connectivity index (χ0v) is 11.7. The first kappa shape index (κ1) is 12.4. The summed E-state index contributed by atoms with van der Waals surface area (Å²) in [7, 11) is 0. The van der Waals surface area contributed by atoms with E-state index in [1.807, 2.05) is 32.0 Å². The van der Waals surface area contributed by atoms with Crippen molar-refractivity contribution in [3.8, 4) is 0 Å². The Labute approximate surface area is 111 Å². The number of para-hydroxylation sites is 1. The van der Waals surface area contributed by atoms with E-state index in [9.17, 15) is 0 Å². The molecule has 0 aliphatic carbocycles. The molecule has 0 bridgehead atoms. The summed E-state index contributed by atoms with van der Waals surface area (Å²) in [5.41, 5.74) is 3.27. The molecule has 2 nitrogen and oxygen atoms in total. The highest BCUT2D eigenvalue weighted by Gasteiger charge is 2.06. The second kappa shape index (κ2) is 5.07. The van der Waals surface area contributed by atoms with E-state index in [0.29, 0.717) is 0 Å². The van der Waals surface area contributed by atoms with E-state index in [1.165, 1.54) is 4.88 Å². The molecule has 1 aromatic carbocycles. The number of benzene rings is 1. The van der Waals surface area contributed by atoms with Crippen LogP contribution in [0.2, 0.25) is 5.02 Å². The van der Waals surface area contributed by atoms with E-state index in [-0.39, 0.29) is 0 Å². The number of nitrogens with zero attached hydrogens (tertiary/aromatic N) is 1. The molecule has 0 aliphatic heterocycles. The Morgan fingerprint density at radius 2 is 2.06 bits per heavy atom. The van der Waals surface area contributed by atoms with Gasteiger partial charge in [0.05, 0.1) is 22.9 Å². The normalized spacial score (nSPS) is 10.6. The minimum Gasteiger partial charge on any atom is -0.377 e. The lowest BCUT2D eigenvalue weighted by atomic mass is 10.2. The summed E-state index contributed by atoms with van der Waals surface area (Å²) < 4.78 is 0. The van der Waals surface area contributed by atoms with Gasteiger partial charge >= 0.3 is 0 Å². The lowest BCUT2D eigenvalue weighted by Crippen LogP contribution is -2.01. The molecule has 0 saturated heterocycles. The van der Waals surface area contributed by atoms with E-state index in [1.54, 1.807) is 11.3 Å². The van der Waals surface area contributed by atoms with E-state index in [0.717, 1.165) is 33.5 Å². The zero-order chi connectivity index (χ0) is 12.4. The van der Waals surface area contributed by atoms with Crippen LogP contribution in [-0.2, 0) is 6.54 Å². The first-order valence-corrected chi connectivity index (χ1v) is 6.69. The maximum absolute atomic E-state index is 6.15. The number of halogens is 1. The molecule has 17 heavy (non-hydrogen) atoms. The topological polar surface area (TPSA) is 24.9 Å². The minimum absolute atomic E-state index is 0.726. The number of anilines is 1. The van der Waals surface area contributed by atoms with Crippen molar-refractivity contribution in [2.75, 3.05) is 5.32 Å². The Kier molecular flexibility index (Phi) is 3.69. The number of thiazole rings is 1. The predicted octanol–water partition coefficient (Wildman–Crippen LogP) is 4.33. The summed E-state index contributed by atoms with van der Waals surface area (Å²) in [6.45, 7) is 6.91. The Balaban J connectivity index is 2.12. The van der Waals surface area contributed by atoms with Gasteiger partial charge in [0.2, 0.25) is 0 Å². The van der Waals surface area contributed by atoms with Crippen LogP contribution in [0.4, 0.5) is 5.69 Å². The van der Waals surface area contributed by atoms with E-state index >= 15 is 0 Å². The van der Waals surface area contributed by atoms with Crippen LogP contribution in [0.3, 0.4) is 0 Å². The average Bonchev–Trinajstić information content (AvgIpc) is 2.58. The molecule has 0 radical (unpaired) electrons. The van der Waals surface area contributed by atoms with Gasteiger partial charge in [0, 0.05) is 4.88 Å². The summed E-state index contributed by atoms with van der Waals surface area (Å²) in [5.74, 6) is 0. The smallest absolute Gasteiger partial charge is 0.112 e. The van der Waals surface area contributed by atoms with Crippen molar-refractivity contribution in [2.45, 2.75) is 27.3 Å². The molecular weight excluding hydrogens is 252 g/mol. The number of aromatic nitrogens is 1. The fourth-order valence-electron chi connectivity index (χ4n) is 1.63. The maximum atomic E-state index is 6.15. The van der Waals surface area contributed by atoms with E-state index in [2.05, 4.69) is 17.2 Å². The summed E-state index contributed by atoms with van der Waals surface area (Å²) in [6.07, 6.45) is 0. The van der Waals surface area contributed by atoms with E-state index in [4.69, 9.17) is 11.6 Å². The van der Waals surface area contributed by atoms with Crippen molar-refractivity contribution < 1.29 is 0 Å². The van der Waals surface area contributed by atoms with Gasteiger partial charge in [-0.3, -0.25) is 0 Å². The Morgan fingerprint density at radius 3 is 2.65 bits per heavy atom. The van der Waals surface area contributed by atoms with Crippen molar-refractivity contribution in [2.24, 2.45) is 0 Å². The van der Waals surface area contributed by atoms with Crippen LogP contribution >= 0.6 is 22.9 Å². The molecule has 0 atom stereocenters. The molecule has 1 aromatic heterocycles. The fraction of sp³-hybridized carbons (Fsp3) is 0.308. The van der Waals surface area contributed by atoms with Crippen LogP contribution in [0, 0.1) is 20.8 Å². The highest BCUT2D eigenvalue weighted by Crippen LogP contribution is 2.26. The summed E-state index contributed by atoms with van der Waals surface area (Å²) >= 11 is 7.88. The zero-order valence-electron chi connectivity index (χ0n) is 10.2. The molecular formula is C13H15ClN2S. The van der Waals surface area contributed by atoms with Crippen molar-refractivity contribution in [1.82, 2.24) is 4.98 Å². The maximum Gasteiger partial charge on any atom is 0.112 e. The van der Waals surface area contributed by atoms with Gasteiger partial charge < -0.3 is 5.32 Å². The van der Waals surface area contributed by atoms with Gasteiger partial charge in [-0.1, -0.05) is 23.7 Å². The molecule has 0 aliphatic rings. The molecule has 0 saturated carbocycles. The number of aryl methyl sites for hydroxylation is 3. The molecule has 0 spiro atoms. The van der Waals surface area contributed by atoms with Crippen LogP contribution in [0.15, 0.2) is 18.2 Å². The Hall–Kier alpha value is -1.06. The molecule has 0 unspecified atom stereocenters. The summed E-state index contributed by atoms with van der Waals surface area (Å²) in [4.78, 5) is 5.77. The second-order valence-electron chi connectivity index (χ2n) is 4.03. The van der Waals surface area contributed by atoms with Gasteiger partial charge in [0.15, 0.2) is 0 Å². The van der Waals surface area contributed by atoms with Crippen LogP contribution in [0.1, 0.15) is 21.1 Å². The van der Waals surface area contributed by atoms with E-state index < -0.39 is 0 Å². The van der Waals surface area contributed by atoms with Crippen LogP contribution in [0.25, 0.3) is 0 Å². The molecule has 0 fully saturated rings. The predicted molar refractivity (Wildman–Crippen MR) is 75.1 cm³/mol. The van der Waals surface area contributed by atoms with Crippen molar-refractivity contribution >= 4 is 28.6 Å². The molecule has 4 heteroatoms. The molecule has 1 N–H and O–H groups in total. The summed E-state index contributed by atoms with van der Waals surface area (Å²) in [6, 6.07) is 5.91. The van der Waals surface area contributed by atoms with Crippen molar-refractivity contribution in [1.29, 1.82) is 0 Å². The number of hydrogen-bond donors (Lipinski definition) is 1. The van der Waals surface area contributed by atoms with Crippen LogP contribution < -0.4 is 5.32 Å². The molecule has 2 aromatic rings. The molecule has 90 valence electrons. The average molecular weight is 267 g/mol. The largest absolute Gasteiger partial charge is 0.377 e. The number of rotatable bonds is 3. The van der Waals surface area contributed by atoms with Gasteiger partial charge in [-0.15, -0.1) is 11.3 Å². The van der Waals surface area contributed by atoms with Crippen LogP contribution in [0.5, 0.6) is 0 Å². The lowest BCUT2D eigenvalue weighted by Gasteiger charge is -2.09. The van der Waals surface area contributed by atoms with Crippen LogP contribution in [-0.4, -0.2) is 4.98 Å². The first-order valence-electron chi connectivity index (χ1n) is 5.50. The number of hydrogen-bond acceptors (Lipinski definition) is 3. The first-order chi connectivity index (χ1) is 8.08. The number of nitrogens with one attached hydrogen (secondary N) is 1. The van der Waals surface area contributed by atoms with Crippen molar-refractivity contribution in [3.05, 3.63) is 44.4 Å². The lowest BCUT2D eigenvalue weighted by molar-refractivity contribution is 1.07. The monoisotopic (exact) mass is 266 g/mol. The SMILES string of the molecule is Cc1cccc(Cl)c1NCc1nc(C)c(C)s1. The second-order valence-corrected chi connectivity index (χ2v) is 5.73.